The van der Waals surface area contributed by atoms with E-state index in [0.29, 0.717) is 6.04 Å². The summed E-state index contributed by atoms with van der Waals surface area (Å²) in [6.07, 6.45) is 6.48. The molecule has 1 N–H and O–H groups in total. The topological polar surface area (TPSA) is 55.2 Å². The van der Waals surface area contributed by atoms with Crippen molar-refractivity contribution in [3.63, 3.8) is 0 Å². The molecule has 1 fully saturated rings. The van der Waals surface area contributed by atoms with Gasteiger partial charge in [0.2, 0.25) is 0 Å². The minimum Gasteiger partial charge on any atom is -0.310 e. The van der Waals surface area contributed by atoms with Crippen molar-refractivity contribution in [1.82, 2.24) is 5.32 Å². The third-order valence-corrected chi connectivity index (χ3v) is 4.10. The first-order valence-electron chi connectivity index (χ1n) is 7.15. The second-order valence-electron chi connectivity index (χ2n) is 5.44. The fraction of sp³-hybridized carbons (Fsp3) is 0.600. The zero-order valence-electron chi connectivity index (χ0n) is 11.5. The number of hydrogen-bond acceptors (Lipinski definition) is 3. The van der Waals surface area contributed by atoms with Crippen molar-refractivity contribution < 1.29 is 4.92 Å². The van der Waals surface area contributed by atoms with E-state index in [1.54, 1.807) is 12.1 Å². The van der Waals surface area contributed by atoms with Crippen molar-refractivity contribution in [1.29, 1.82) is 0 Å². The molecule has 2 rings (SSSR count). The largest absolute Gasteiger partial charge is 0.310 e. The van der Waals surface area contributed by atoms with Crippen LogP contribution in [0.1, 0.15) is 44.6 Å². The highest BCUT2D eigenvalue weighted by atomic mass is 16.6. The van der Waals surface area contributed by atoms with Crippen molar-refractivity contribution >= 4 is 5.69 Å². The first kappa shape index (κ1) is 14.0. The van der Waals surface area contributed by atoms with Crippen LogP contribution in [-0.4, -0.2) is 11.0 Å². The Morgan fingerprint density at radius 1 is 1.32 bits per heavy atom. The summed E-state index contributed by atoms with van der Waals surface area (Å²) in [6, 6.07) is 7.43. The molecule has 4 heteroatoms. The first-order chi connectivity index (χ1) is 9.19. The van der Waals surface area contributed by atoms with Crippen LogP contribution in [0.3, 0.4) is 0 Å². The monoisotopic (exact) mass is 262 g/mol. The van der Waals surface area contributed by atoms with Gasteiger partial charge in [0.05, 0.1) is 4.92 Å². The Hall–Kier alpha value is -1.42. The highest BCUT2D eigenvalue weighted by Gasteiger charge is 2.20. The summed E-state index contributed by atoms with van der Waals surface area (Å²) >= 11 is 0. The molecular weight excluding hydrogens is 240 g/mol. The highest BCUT2D eigenvalue weighted by molar-refractivity contribution is 5.32. The second kappa shape index (κ2) is 6.66. The van der Waals surface area contributed by atoms with Gasteiger partial charge in [-0.05, 0) is 24.3 Å². The number of nitrogens with one attached hydrogen (secondary N) is 1. The number of non-ortho nitro benzene ring substituents is 1. The molecule has 0 aromatic heterocycles. The van der Waals surface area contributed by atoms with Crippen molar-refractivity contribution in [3.8, 4) is 0 Å². The molecule has 0 bridgehead atoms. The summed E-state index contributed by atoms with van der Waals surface area (Å²) in [5, 5.41) is 14.2. The number of nitrogens with zero attached hydrogens (tertiary/aromatic N) is 1. The van der Waals surface area contributed by atoms with Gasteiger partial charge in [-0.1, -0.05) is 38.3 Å². The second-order valence-corrected chi connectivity index (χ2v) is 5.44. The fourth-order valence-electron chi connectivity index (χ4n) is 2.84. The Kier molecular flexibility index (Phi) is 4.91. The molecule has 4 nitrogen and oxygen atoms in total. The zero-order valence-corrected chi connectivity index (χ0v) is 11.5. The number of rotatable bonds is 5. The lowest BCUT2D eigenvalue weighted by Gasteiger charge is -2.29. The molecule has 1 aliphatic rings. The smallest absolute Gasteiger partial charge is 0.269 e. The average molecular weight is 262 g/mol. The third-order valence-electron chi connectivity index (χ3n) is 4.10. The van der Waals surface area contributed by atoms with Gasteiger partial charge in [0.1, 0.15) is 0 Å². The lowest BCUT2D eigenvalue weighted by molar-refractivity contribution is -0.384. The molecule has 1 aromatic carbocycles. The Balaban J connectivity index is 1.83. The lowest BCUT2D eigenvalue weighted by Crippen LogP contribution is -2.33. The van der Waals surface area contributed by atoms with Gasteiger partial charge in [-0.3, -0.25) is 10.1 Å². The van der Waals surface area contributed by atoms with Gasteiger partial charge in [0.25, 0.3) is 5.69 Å². The predicted octanol–water partition coefficient (Wildman–Crippen LogP) is 3.65. The van der Waals surface area contributed by atoms with Crippen molar-refractivity contribution in [2.24, 2.45) is 5.92 Å². The number of hydrogen-bond donors (Lipinski definition) is 1. The van der Waals surface area contributed by atoms with E-state index in [9.17, 15) is 10.1 Å². The van der Waals surface area contributed by atoms with E-state index in [2.05, 4.69) is 12.2 Å². The molecule has 0 amide bonds. The first-order valence-corrected chi connectivity index (χ1v) is 7.15. The Bertz CT molecular complexity index is 417. The van der Waals surface area contributed by atoms with Gasteiger partial charge in [0, 0.05) is 24.7 Å². The summed E-state index contributed by atoms with van der Waals surface area (Å²) in [5.41, 5.74) is 1.27. The molecule has 0 spiro atoms. The molecule has 0 saturated heterocycles. The van der Waals surface area contributed by atoms with Crippen LogP contribution in [0.15, 0.2) is 24.3 Å². The molecule has 1 aliphatic carbocycles. The van der Waals surface area contributed by atoms with Gasteiger partial charge in [0.15, 0.2) is 0 Å². The summed E-state index contributed by atoms with van der Waals surface area (Å²) in [6.45, 7) is 3.07. The lowest BCUT2D eigenvalue weighted by atomic mass is 9.84. The van der Waals surface area contributed by atoms with Gasteiger partial charge in [-0.25, -0.2) is 0 Å². The van der Waals surface area contributed by atoms with Gasteiger partial charge >= 0.3 is 0 Å². The molecule has 2 unspecified atom stereocenters. The minimum atomic E-state index is -0.357. The summed E-state index contributed by atoms with van der Waals surface area (Å²) in [5.74, 6) is 0.864. The highest BCUT2D eigenvalue weighted by Crippen LogP contribution is 2.26. The van der Waals surface area contributed by atoms with Crippen LogP contribution >= 0.6 is 0 Å². The molecule has 0 radical (unpaired) electrons. The van der Waals surface area contributed by atoms with Gasteiger partial charge in [-0.15, -0.1) is 0 Å². The van der Waals surface area contributed by atoms with Crippen molar-refractivity contribution in [3.05, 3.63) is 39.9 Å². The summed E-state index contributed by atoms with van der Waals surface area (Å²) in [4.78, 5) is 10.2. The molecule has 1 saturated carbocycles. The Labute approximate surface area is 114 Å². The van der Waals surface area contributed by atoms with Crippen LogP contribution in [-0.2, 0) is 6.54 Å². The molecular formula is C15H22N2O2. The Morgan fingerprint density at radius 3 is 2.68 bits per heavy atom. The normalized spacial score (nSPS) is 23.2. The fourth-order valence-corrected chi connectivity index (χ4v) is 2.84. The van der Waals surface area contributed by atoms with Crippen molar-refractivity contribution in [2.75, 3.05) is 0 Å². The Morgan fingerprint density at radius 2 is 2.05 bits per heavy atom. The van der Waals surface area contributed by atoms with Crippen LogP contribution in [0.4, 0.5) is 5.69 Å². The molecule has 104 valence electrons. The van der Waals surface area contributed by atoms with Crippen LogP contribution in [0, 0.1) is 16.0 Å². The van der Waals surface area contributed by atoms with Crippen LogP contribution in [0.25, 0.3) is 0 Å². The van der Waals surface area contributed by atoms with Gasteiger partial charge in [-0.2, -0.15) is 0 Å². The molecule has 1 aromatic rings. The van der Waals surface area contributed by atoms with E-state index in [-0.39, 0.29) is 10.6 Å². The maximum absolute atomic E-state index is 10.6. The maximum Gasteiger partial charge on any atom is 0.269 e. The maximum atomic E-state index is 10.6. The van der Waals surface area contributed by atoms with E-state index in [1.165, 1.54) is 32.1 Å². The van der Waals surface area contributed by atoms with Gasteiger partial charge < -0.3 is 5.32 Å². The third kappa shape index (κ3) is 4.03. The minimum absolute atomic E-state index is 0.160. The number of nitro benzene ring substituents is 1. The van der Waals surface area contributed by atoms with E-state index >= 15 is 0 Å². The van der Waals surface area contributed by atoms with Crippen molar-refractivity contribution in [2.45, 2.75) is 51.6 Å². The zero-order chi connectivity index (χ0) is 13.7. The summed E-state index contributed by atoms with van der Waals surface area (Å²) < 4.78 is 0. The van der Waals surface area contributed by atoms with Crippen LogP contribution < -0.4 is 5.32 Å². The average Bonchev–Trinajstić information content (AvgIpc) is 2.46. The quantitative estimate of drug-likeness (QED) is 0.651. The molecule has 0 heterocycles. The standard InChI is InChI=1S/C15H22N2O2/c1-2-12-4-3-5-14(10-12)16-11-13-6-8-15(9-7-13)17(18)19/h6-9,12,14,16H,2-5,10-11H2,1H3. The van der Waals surface area contributed by atoms with Crippen LogP contribution in [0.2, 0.25) is 0 Å². The van der Waals surface area contributed by atoms with E-state index in [0.717, 1.165) is 18.0 Å². The van der Waals surface area contributed by atoms with Crippen LogP contribution in [0.5, 0.6) is 0 Å². The van der Waals surface area contributed by atoms with E-state index in [1.807, 2.05) is 12.1 Å². The van der Waals surface area contributed by atoms with E-state index < -0.39 is 0 Å². The molecule has 0 aliphatic heterocycles. The number of nitro groups is 1. The molecule has 19 heavy (non-hydrogen) atoms. The number of benzene rings is 1. The predicted molar refractivity (Wildman–Crippen MR) is 76.0 cm³/mol. The SMILES string of the molecule is CCC1CCCC(NCc2ccc([N+](=O)[O-])cc2)C1. The van der Waals surface area contributed by atoms with E-state index in [4.69, 9.17) is 0 Å². The molecule has 2 atom stereocenters. The summed E-state index contributed by atoms with van der Waals surface area (Å²) in [7, 11) is 0.